The standard InChI is InChI=1S/C9H15NO/c1-3-10(4-2)8-6-5-7-9-11/h9H,3-4,7-8H2,1-2H3. The largest absolute Gasteiger partial charge is 0.302 e. The topological polar surface area (TPSA) is 20.3 Å². The lowest BCUT2D eigenvalue weighted by Gasteiger charge is -2.12. The molecule has 0 spiro atoms. The van der Waals surface area contributed by atoms with Crippen LogP contribution in [0.5, 0.6) is 0 Å². The molecule has 2 nitrogen and oxygen atoms in total. The van der Waals surface area contributed by atoms with Gasteiger partial charge >= 0.3 is 0 Å². The number of carbonyl (C=O) groups excluding carboxylic acids is 1. The molecular formula is C9H15NO. The molecule has 0 aliphatic heterocycles. The number of hydrogen-bond donors (Lipinski definition) is 0. The van der Waals surface area contributed by atoms with Crippen LogP contribution in [0, 0.1) is 11.8 Å². The van der Waals surface area contributed by atoms with Crippen molar-refractivity contribution in [3.63, 3.8) is 0 Å². The molecule has 0 aromatic rings. The van der Waals surface area contributed by atoms with Gasteiger partial charge in [0.25, 0.3) is 0 Å². The van der Waals surface area contributed by atoms with Gasteiger partial charge in [-0.2, -0.15) is 0 Å². The molecule has 0 fully saturated rings. The molecule has 0 radical (unpaired) electrons. The Balaban J connectivity index is 3.50. The maximum absolute atomic E-state index is 9.87. The van der Waals surface area contributed by atoms with Crippen molar-refractivity contribution in [3.05, 3.63) is 0 Å². The van der Waals surface area contributed by atoms with Gasteiger partial charge in [0.1, 0.15) is 6.29 Å². The zero-order valence-electron chi connectivity index (χ0n) is 7.26. The van der Waals surface area contributed by atoms with E-state index in [-0.39, 0.29) is 0 Å². The number of hydrogen-bond acceptors (Lipinski definition) is 2. The van der Waals surface area contributed by atoms with E-state index < -0.39 is 0 Å². The van der Waals surface area contributed by atoms with Crippen LogP contribution in [0.3, 0.4) is 0 Å². The number of carbonyl (C=O) groups is 1. The van der Waals surface area contributed by atoms with Crippen LogP contribution in [0.2, 0.25) is 0 Å². The third-order valence-corrected chi connectivity index (χ3v) is 1.51. The Kier molecular flexibility index (Phi) is 6.76. The van der Waals surface area contributed by atoms with Crippen LogP contribution in [0.4, 0.5) is 0 Å². The molecule has 0 atom stereocenters. The van der Waals surface area contributed by atoms with E-state index in [1.165, 1.54) is 0 Å². The van der Waals surface area contributed by atoms with Crippen molar-refractivity contribution in [2.45, 2.75) is 20.3 Å². The molecule has 0 amide bonds. The summed E-state index contributed by atoms with van der Waals surface area (Å²) in [6, 6.07) is 0. The summed E-state index contributed by atoms with van der Waals surface area (Å²) in [4.78, 5) is 12.1. The third-order valence-electron chi connectivity index (χ3n) is 1.51. The first-order valence-electron chi connectivity index (χ1n) is 3.96. The van der Waals surface area contributed by atoms with E-state index in [4.69, 9.17) is 0 Å². The Hall–Kier alpha value is -0.810. The molecular weight excluding hydrogens is 138 g/mol. The first-order chi connectivity index (χ1) is 5.35. The average Bonchev–Trinajstić information content (AvgIpc) is 2.05. The van der Waals surface area contributed by atoms with Crippen LogP contribution in [-0.4, -0.2) is 30.8 Å². The molecule has 0 heterocycles. The van der Waals surface area contributed by atoms with Crippen molar-refractivity contribution >= 4 is 6.29 Å². The van der Waals surface area contributed by atoms with Crippen LogP contribution in [0.1, 0.15) is 20.3 Å². The van der Waals surface area contributed by atoms with E-state index in [1.807, 2.05) is 0 Å². The molecule has 0 aromatic heterocycles. The van der Waals surface area contributed by atoms with Crippen LogP contribution in [0.15, 0.2) is 0 Å². The lowest BCUT2D eigenvalue weighted by atomic mass is 10.4. The summed E-state index contributed by atoms with van der Waals surface area (Å²) in [5, 5.41) is 0. The third kappa shape index (κ3) is 5.63. The van der Waals surface area contributed by atoms with Crippen molar-refractivity contribution in [3.8, 4) is 11.8 Å². The molecule has 0 aromatic carbocycles. The molecule has 0 aliphatic carbocycles. The summed E-state index contributed by atoms with van der Waals surface area (Å²) in [6.45, 7) is 7.02. The molecule has 0 aliphatic rings. The first kappa shape index (κ1) is 10.2. The van der Waals surface area contributed by atoms with Gasteiger partial charge < -0.3 is 4.79 Å². The minimum absolute atomic E-state index is 0.362. The predicted molar refractivity (Wildman–Crippen MR) is 46.2 cm³/mol. The highest BCUT2D eigenvalue weighted by molar-refractivity contribution is 5.53. The Morgan fingerprint density at radius 3 is 2.36 bits per heavy atom. The number of rotatable bonds is 4. The van der Waals surface area contributed by atoms with Gasteiger partial charge in [-0.05, 0) is 13.1 Å². The summed E-state index contributed by atoms with van der Waals surface area (Å²) < 4.78 is 0. The minimum Gasteiger partial charge on any atom is -0.302 e. The highest BCUT2D eigenvalue weighted by Crippen LogP contribution is 1.83. The fourth-order valence-corrected chi connectivity index (χ4v) is 0.729. The van der Waals surface area contributed by atoms with Gasteiger partial charge in [0, 0.05) is 0 Å². The van der Waals surface area contributed by atoms with Crippen LogP contribution in [0.25, 0.3) is 0 Å². The van der Waals surface area contributed by atoms with Crippen LogP contribution >= 0.6 is 0 Å². The van der Waals surface area contributed by atoms with E-state index in [0.717, 1.165) is 25.9 Å². The predicted octanol–water partition coefficient (Wildman–Crippen LogP) is 0.921. The SMILES string of the molecule is CCN(CC)CC#CCC=O. The second-order valence-electron chi connectivity index (χ2n) is 2.19. The van der Waals surface area contributed by atoms with E-state index >= 15 is 0 Å². The molecule has 11 heavy (non-hydrogen) atoms. The maximum atomic E-state index is 9.87. The van der Waals surface area contributed by atoms with Crippen LogP contribution in [-0.2, 0) is 4.79 Å². The average molecular weight is 153 g/mol. The molecule has 0 rings (SSSR count). The fraction of sp³-hybridized carbons (Fsp3) is 0.667. The monoisotopic (exact) mass is 153 g/mol. The van der Waals surface area contributed by atoms with E-state index in [1.54, 1.807) is 0 Å². The van der Waals surface area contributed by atoms with E-state index in [0.29, 0.717) is 6.42 Å². The second kappa shape index (κ2) is 7.30. The van der Waals surface area contributed by atoms with Crippen molar-refractivity contribution in [2.75, 3.05) is 19.6 Å². The molecule has 0 bridgehead atoms. The number of nitrogens with zero attached hydrogens (tertiary/aromatic N) is 1. The quantitative estimate of drug-likeness (QED) is 0.442. The second-order valence-corrected chi connectivity index (χ2v) is 2.19. The Morgan fingerprint density at radius 1 is 1.27 bits per heavy atom. The van der Waals surface area contributed by atoms with Crippen molar-refractivity contribution in [2.24, 2.45) is 0 Å². The summed E-state index contributed by atoms with van der Waals surface area (Å²) in [7, 11) is 0. The van der Waals surface area contributed by atoms with Gasteiger partial charge in [-0.1, -0.05) is 25.7 Å². The smallest absolute Gasteiger partial charge is 0.131 e. The van der Waals surface area contributed by atoms with Crippen LogP contribution < -0.4 is 0 Å². The normalized spacial score (nSPS) is 9.00. The highest BCUT2D eigenvalue weighted by Gasteiger charge is 1.92. The molecule has 0 saturated carbocycles. The van der Waals surface area contributed by atoms with Crippen molar-refractivity contribution in [1.82, 2.24) is 4.90 Å². The van der Waals surface area contributed by atoms with Gasteiger partial charge in [0.05, 0.1) is 13.0 Å². The van der Waals surface area contributed by atoms with Gasteiger partial charge in [-0.25, -0.2) is 0 Å². The zero-order chi connectivity index (χ0) is 8.53. The lowest BCUT2D eigenvalue weighted by Crippen LogP contribution is -2.22. The minimum atomic E-state index is 0.362. The van der Waals surface area contributed by atoms with Crippen molar-refractivity contribution in [1.29, 1.82) is 0 Å². The van der Waals surface area contributed by atoms with Gasteiger partial charge in [-0.3, -0.25) is 4.90 Å². The lowest BCUT2D eigenvalue weighted by molar-refractivity contribution is -0.107. The highest BCUT2D eigenvalue weighted by atomic mass is 16.1. The zero-order valence-corrected chi connectivity index (χ0v) is 7.26. The van der Waals surface area contributed by atoms with Gasteiger partial charge in [0.15, 0.2) is 0 Å². The molecule has 0 saturated heterocycles. The maximum Gasteiger partial charge on any atom is 0.131 e. The first-order valence-corrected chi connectivity index (χ1v) is 3.96. The molecule has 0 unspecified atom stereocenters. The van der Waals surface area contributed by atoms with E-state index in [9.17, 15) is 4.79 Å². The molecule has 62 valence electrons. The number of aldehydes is 1. The Labute approximate surface area is 68.6 Å². The summed E-state index contributed by atoms with van der Waals surface area (Å²) in [5.41, 5.74) is 0. The molecule has 2 heteroatoms. The fourth-order valence-electron chi connectivity index (χ4n) is 0.729. The van der Waals surface area contributed by atoms with E-state index in [2.05, 4.69) is 30.6 Å². The summed E-state index contributed by atoms with van der Waals surface area (Å²) >= 11 is 0. The molecule has 0 N–H and O–H groups in total. The summed E-state index contributed by atoms with van der Waals surface area (Å²) in [6.07, 6.45) is 1.19. The van der Waals surface area contributed by atoms with Gasteiger partial charge in [0.2, 0.25) is 0 Å². The Bertz CT molecular complexity index is 151. The van der Waals surface area contributed by atoms with Crippen molar-refractivity contribution < 1.29 is 4.79 Å². The Morgan fingerprint density at radius 2 is 1.91 bits per heavy atom. The van der Waals surface area contributed by atoms with Gasteiger partial charge in [-0.15, -0.1) is 0 Å². The summed E-state index contributed by atoms with van der Waals surface area (Å²) in [5.74, 6) is 5.71.